The van der Waals surface area contributed by atoms with E-state index >= 15 is 0 Å². The predicted octanol–water partition coefficient (Wildman–Crippen LogP) is 7.56. The number of ether oxygens (including phenoxy) is 4. The molecule has 3 unspecified atom stereocenters. The fourth-order valence-corrected chi connectivity index (χ4v) is 8.51. The van der Waals surface area contributed by atoms with E-state index in [0.717, 1.165) is 68.7 Å². The molecule has 0 radical (unpaired) electrons. The Bertz CT molecular complexity index is 1900. The van der Waals surface area contributed by atoms with Crippen LogP contribution in [0, 0.1) is 5.92 Å². The Hall–Kier alpha value is -4.73. The van der Waals surface area contributed by atoms with E-state index in [9.17, 15) is 20.1 Å². The number of phenolic OH excluding ortho intramolecular Hbond substituents is 2. The number of aliphatic hydroxyl groups is 1. The van der Waals surface area contributed by atoms with E-state index in [1.165, 1.54) is 33.3 Å². The molecule has 9 nitrogen and oxygen atoms in total. The molecule has 0 bridgehead atoms. The Labute approximate surface area is 299 Å². The highest BCUT2D eigenvalue weighted by Gasteiger charge is 2.41. The highest BCUT2D eigenvalue weighted by atomic mass is 16.5. The van der Waals surface area contributed by atoms with E-state index in [0.29, 0.717) is 36.8 Å². The number of esters is 1. The van der Waals surface area contributed by atoms with Gasteiger partial charge in [0.15, 0.2) is 11.5 Å². The van der Waals surface area contributed by atoms with E-state index in [2.05, 4.69) is 23.5 Å². The normalized spacial score (nSPS) is 18.6. The van der Waals surface area contributed by atoms with Gasteiger partial charge < -0.3 is 39.6 Å². The van der Waals surface area contributed by atoms with Crippen molar-refractivity contribution in [3.8, 4) is 39.9 Å². The standard InChI is InChI=1S/C42H47NO8/c1-24(45)50-23-35-33-15-14-31-32(13-12-27-17-30(46)19-38(49-3)39(27)31)41(33)51-42(35)34-20-37(48-2)36(47)18-29(34)21-43-40(26-9-5-4-6-10-26)28-11-7-8-25(16-28)22-44/h7-8,11,14-20,26,35,40,42-44,46-47H,4-6,9-10,12-13,21-23H2,1-3H3. The summed E-state index contributed by atoms with van der Waals surface area (Å²) in [5.74, 6) is 1.64. The quantitative estimate of drug-likeness (QED) is 0.118. The molecule has 3 aliphatic rings. The van der Waals surface area contributed by atoms with Crippen LogP contribution in [0.5, 0.6) is 28.7 Å². The molecular formula is C42H47NO8. The Morgan fingerprint density at radius 3 is 2.49 bits per heavy atom. The number of fused-ring (bicyclic) bond motifs is 5. The average Bonchev–Trinajstić information content (AvgIpc) is 3.52. The summed E-state index contributed by atoms with van der Waals surface area (Å²) in [5, 5.41) is 35.2. The van der Waals surface area contributed by atoms with Crippen LogP contribution in [0.2, 0.25) is 0 Å². The molecule has 7 rings (SSSR count). The van der Waals surface area contributed by atoms with Gasteiger partial charge in [-0.1, -0.05) is 55.7 Å². The maximum absolute atomic E-state index is 12.2. The molecule has 1 heterocycles. The summed E-state index contributed by atoms with van der Waals surface area (Å²) in [6, 6.07) is 19.4. The molecule has 3 atom stereocenters. The first-order chi connectivity index (χ1) is 24.8. The van der Waals surface area contributed by atoms with Gasteiger partial charge in [-0.3, -0.25) is 4.79 Å². The second-order valence-electron chi connectivity index (χ2n) is 14.0. The van der Waals surface area contributed by atoms with E-state index in [1.54, 1.807) is 25.3 Å². The van der Waals surface area contributed by atoms with Crippen molar-refractivity contribution >= 4 is 5.97 Å². The lowest BCUT2D eigenvalue weighted by Gasteiger charge is -2.32. The molecule has 268 valence electrons. The summed E-state index contributed by atoms with van der Waals surface area (Å²) < 4.78 is 24.0. The average molecular weight is 694 g/mol. The number of phenols is 2. The molecule has 4 aromatic rings. The first kappa shape index (κ1) is 34.7. The van der Waals surface area contributed by atoms with Gasteiger partial charge in [0, 0.05) is 47.8 Å². The van der Waals surface area contributed by atoms with E-state index in [4.69, 9.17) is 18.9 Å². The fourth-order valence-electron chi connectivity index (χ4n) is 8.51. The molecule has 4 N–H and O–H groups in total. The minimum atomic E-state index is -0.536. The number of rotatable bonds is 11. The largest absolute Gasteiger partial charge is 0.508 e. The smallest absolute Gasteiger partial charge is 0.302 e. The summed E-state index contributed by atoms with van der Waals surface area (Å²) >= 11 is 0. The lowest BCUT2D eigenvalue weighted by atomic mass is 9.80. The Balaban J connectivity index is 1.28. The Morgan fingerprint density at radius 1 is 0.941 bits per heavy atom. The van der Waals surface area contributed by atoms with Crippen LogP contribution in [0.1, 0.15) is 96.0 Å². The third kappa shape index (κ3) is 6.85. The molecule has 1 saturated carbocycles. The number of aromatic hydroxyl groups is 2. The number of aryl methyl sites for hydroxylation is 1. The van der Waals surface area contributed by atoms with E-state index < -0.39 is 6.10 Å². The molecule has 4 aromatic carbocycles. The van der Waals surface area contributed by atoms with Gasteiger partial charge in [0.05, 0.1) is 26.7 Å². The highest BCUT2D eigenvalue weighted by Crippen LogP contribution is 2.54. The van der Waals surface area contributed by atoms with Crippen LogP contribution >= 0.6 is 0 Å². The number of nitrogens with one attached hydrogen (secondary N) is 1. The van der Waals surface area contributed by atoms with Gasteiger partial charge in [-0.25, -0.2) is 0 Å². The molecular weight excluding hydrogens is 646 g/mol. The molecule has 1 fully saturated rings. The third-order valence-electron chi connectivity index (χ3n) is 10.9. The first-order valence-electron chi connectivity index (χ1n) is 18.0. The van der Waals surface area contributed by atoms with Crippen molar-refractivity contribution in [3.05, 3.63) is 99.6 Å². The zero-order chi connectivity index (χ0) is 35.6. The molecule has 2 aliphatic carbocycles. The van der Waals surface area contributed by atoms with Gasteiger partial charge in [0.2, 0.25) is 0 Å². The zero-order valence-corrected chi connectivity index (χ0v) is 29.5. The number of benzene rings is 4. The number of methoxy groups -OCH3 is 2. The maximum Gasteiger partial charge on any atom is 0.302 e. The lowest BCUT2D eigenvalue weighted by molar-refractivity contribution is -0.141. The van der Waals surface area contributed by atoms with Crippen molar-refractivity contribution < 1.29 is 39.1 Å². The molecule has 51 heavy (non-hydrogen) atoms. The van der Waals surface area contributed by atoms with Gasteiger partial charge >= 0.3 is 5.97 Å². The minimum Gasteiger partial charge on any atom is -0.508 e. The molecule has 9 heteroatoms. The molecule has 1 aliphatic heterocycles. The van der Waals surface area contributed by atoms with Gasteiger partial charge in [-0.2, -0.15) is 0 Å². The summed E-state index contributed by atoms with van der Waals surface area (Å²) in [5.41, 5.74) is 8.66. The van der Waals surface area contributed by atoms with Crippen LogP contribution in [0.25, 0.3) is 11.1 Å². The topological polar surface area (TPSA) is 127 Å². The number of carbonyl (C=O) groups excluding carboxylic acids is 1. The Morgan fingerprint density at radius 2 is 1.75 bits per heavy atom. The number of carbonyl (C=O) groups is 1. The van der Waals surface area contributed by atoms with Crippen molar-refractivity contribution in [3.63, 3.8) is 0 Å². The predicted molar refractivity (Wildman–Crippen MR) is 193 cm³/mol. The third-order valence-corrected chi connectivity index (χ3v) is 10.9. The van der Waals surface area contributed by atoms with Crippen LogP contribution in [-0.4, -0.2) is 42.1 Å². The van der Waals surface area contributed by atoms with Gasteiger partial charge in [0.1, 0.15) is 30.0 Å². The van der Waals surface area contributed by atoms with E-state index in [1.807, 2.05) is 24.3 Å². The van der Waals surface area contributed by atoms with Crippen molar-refractivity contribution in [2.45, 2.75) is 83.1 Å². The Kier molecular flexibility index (Phi) is 10.1. The van der Waals surface area contributed by atoms with Gasteiger partial charge in [-0.15, -0.1) is 0 Å². The van der Waals surface area contributed by atoms with Crippen LogP contribution < -0.4 is 19.5 Å². The number of aliphatic hydroxyl groups excluding tert-OH is 1. The lowest BCUT2D eigenvalue weighted by Crippen LogP contribution is -2.30. The van der Waals surface area contributed by atoms with Crippen molar-refractivity contribution in [1.29, 1.82) is 0 Å². The summed E-state index contributed by atoms with van der Waals surface area (Å²) in [6.07, 6.45) is 6.71. The van der Waals surface area contributed by atoms with E-state index in [-0.39, 0.29) is 42.6 Å². The van der Waals surface area contributed by atoms with Gasteiger partial charge in [-0.05, 0) is 77.6 Å². The highest BCUT2D eigenvalue weighted by molar-refractivity contribution is 5.82. The second kappa shape index (κ2) is 14.9. The van der Waals surface area contributed by atoms with Crippen LogP contribution in [0.15, 0.2) is 60.7 Å². The molecule has 0 aromatic heterocycles. The van der Waals surface area contributed by atoms with Gasteiger partial charge in [0.25, 0.3) is 0 Å². The first-order valence-corrected chi connectivity index (χ1v) is 18.0. The molecule has 0 amide bonds. The fraction of sp³-hybridized carbons (Fsp3) is 0.405. The van der Waals surface area contributed by atoms with Crippen LogP contribution in [-0.2, 0) is 35.5 Å². The minimum absolute atomic E-state index is 0.0183. The van der Waals surface area contributed by atoms with Crippen molar-refractivity contribution in [2.24, 2.45) is 5.92 Å². The summed E-state index contributed by atoms with van der Waals surface area (Å²) in [7, 11) is 3.14. The second-order valence-corrected chi connectivity index (χ2v) is 14.0. The summed E-state index contributed by atoms with van der Waals surface area (Å²) in [6.45, 7) is 1.96. The molecule has 0 saturated heterocycles. The SMILES string of the molecule is COc1cc(C2Oc3c(ccc4c3CCc3cc(O)cc(OC)c3-4)C2COC(C)=O)c(CNC(c2cccc(CO)c2)C2CCCCC2)cc1O. The number of hydrogen-bond donors (Lipinski definition) is 4. The van der Waals surface area contributed by atoms with Crippen molar-refractivity contribution in [1.82, 2.24) is 5.32 Å². The monoisotopic (exact) mass is 693 g/mol. The maximum atomic E-state index is 12.2. The number of hydrogen-bond acceptors (Lipinski definition) is 9. The van der Waals surface area contributed by atoms with Crippen LogP contribution in [0.3, 0.4) is 0 Å². The molecule has 0 spiro atoms. The van der Waals surface area contributed by atoms with Crippen LogP contribution in [0.4, 0.5) is 0 Å². The van der Waals surface area contributed by atoms with Crippen molar-refractivity contribution in [2.75, 3.05) is 20.8 Å². The summed E-state index contributed by atoms with van der Waals surface area (Å²) in [4.78, 5) is 12.2. The zero-order valence-electron chi connectivity index (χ0n) is 29.5.